The number of carbonyl (C=O) groups excluding carboxylic acids is 3. The number of nitrogens with one attached hydrogen (secondary N) is 3. The number of aliphatic hydroxyl groups excluding tert-OH is 2. The fourth-order valence-corrected chi connectivity index (χ4v) is 5.60. The molecule has 0 aliphatic rings. The Morgan fingerprint density at radius 1 is 0.688 bits per heavy atom. The van der Waals surface area contributed by atoms with E-state index < -0.39 is 41.8 Å². The predicted octanol–water partition coefficient (Wildman–Crippen LogP) is 4.98. The first-order chi connectivity index (χ1) is 22.8. The molecule has 0 fully saturated rings. The van der Waals surface area contributed by atoms with E-state index in [1.165, 1.54) is 0 Å². The van der Waals surface area contributed by atoms with Crippen LogP contribution in [0.2, 0.25) is 0 Å². The number of rotatable bonds is 17. The summed E-state index contributed by atoms with van der Waals surface area (Å²) in [5.41, 5.74) is 2.05. The standard InChI is InChI=1S/C39H53N3O6/c1-27(2)21-34(37(46)40-32(26-43)23-29-17-11-7-12-18-29)41-36(45)31(22-28-15-9-6-10-16-28)25-35(44)33(24-30-19-13-8-14-20-30)42-38(47)48-39(3,4)5/h6-20,27,31-35,43-44H,21-26H2,1-5H3,(H,40,46)(H,41,45)(H,42,47)/t31-,32?,33-,34-,35-/m0/s1. The van der Waals surface area contributed by atoms with Gasteiger partial charge in [-0.25, -0.2) is 4.79 Å². The molecule has 9 nitrogen and oxygen atoms in total. The van der Waals surface area contributed by atoms with Crippen molar-refractivity contribution >= 4 is 17.9 Å². The molecule has 3 aromatic carbocycles. The summed E-state index contributed by atoms with van der Waals surface area (Å²) in [5.74, 6) is -1.38. The molecular weight excluding hydrogens is 606 g/mol. The van der Waals surface area contributed by atoms with Crippen LogP contribution in [0.4, 0.5) is 4.79 Å². The van der Waals surface area contributed by atoms with Gasteiger partial charge in [0.15, 0.2) is 0 Å². The number of ether oxygens (including phenoxy) is 1. The molecule has 260 valence electrons. The van der Waals surface area contributed by atoms with Crippen LogP contribution in [-0.2, 0) is 33.6 Å². The predicted molar refractivity (Wildman–Crippen MR) is 188 cm³/mol. The quantitative estimate of drug-likeness (QED) is 0.139. The highest BCUT2D eigenvalue weighted by atomic mass is 16.6. The highest BCUT2D eigenvalue weighted by Crippen LogP contribution is 2.20. The van der Waals surface area contributed by atoms with Gasteiger partial charge in [0.2, 0.25) is 11.8 Å². The van der Waals surface area contributed by atoms with E-state index in [9.17, 15) is 24.6 Å². The van der Waals surface area contributed by atoms with E-state index in [0.717, 1.165) is 16.7 Å². The molecule has 0 aliphatic heterocycles. The van der Waals surface area contributed by atoms with Crippen LogP contribution >= 0.6 is 0 Å². The first-order valence-electron chi connectivity index (χ1n) is 16.8. The molecular formula is C39H53N3O6. The van der Waals surface area contributed by atoms with E-state index in [2.05, 4.69) is 16.0 Å². The summed E-state index contributed by atoms with van der Waals surface area (Å²) in [6, 6.07) is 26.5. The second-order valence-electron chi connectivity index (χ2n) is 13.9. The van der Waals surface area contributed by atoms with Crippen LogP contribution in [0.15, 0.2) is 91.0 Å². The van der Waals surface area contributed by atoms with Gasteiger partial charge in [0.1, 0.15) is 11.6 Å². The van der Waals surface area contributed by atoms with Crippen molar-refractivity contribution < 1.29 is 29.3 Å². The molecule has 48 heavy (non-hydrogen) atoms. The Labute approximate surface area is 285 Å². The summed E-state index contributed by atoms with van der Waals surface area (Å²) in [5, 5.41) is 30.4. The van der Waals surface area contributed by atoms with E-state index >= 15 is 0 Å². The minimum Gasteiger partial charge on any atom is -0.444 e. The molecule has 5 atom stereocenters. The molecule has 5 N–H and O–H groups in total. The lowest BCUT2D eigenvalue weighted by atomic mass is 9.88. The maximum Gasteiger partial charge on any atom is 0.407 e. The van der Waals surface area contributed by atoms with Crippen molar-refractivity contribution in [3.8, 4) is 0 Å². The Kier molecular flexibility index (Phi) is 15.1. The van der Waals surface area contributed by atoms with Crippen molar-refractivity contribution in [3.05, 3.63) is 108 Å². The number of hydrogen-bond acceptors (Lipinski definition) is 6. The van der Waals surface area contributed by atoms with Crippen LogP contribution in [0.5, 0.6) is 0 Å². The maximum atomic E-state index is 14.1. The molecule has 0 aromatic heterocycles. The fourth-order valence-electron chi connectivity index (χ4n) is 5.60. The first kappa shape index (κ1) is 38.2. The molecule has 0 aliphatic carbocycles. The molecule has 0 radical (unpaired) electrons. The first-order valence-corrected chi connectivity index (χ1v) is 16.8. The Hall–Kier alpha value is -4.21. The van der Waals surface area contributed by atoms with Gasteiger partial charge in [-0.2, -0.15) is 0 Å². The monoisotopic (exact) mass is 659 g/mol. The summed E-state index contributed by atoms with van der Waals surface area (Å²) < 4.78 is 5.50. The van der Waals surface area contributed by atoms with Crippen molar-refractivity contribution in [1.82, 2.24) is 16.0 Å². The second kappa shape index (κ2) is 19.0. The Bertz CT molecular complexity index is 1400. The van der Waals surface area contributed by atoms with Crippen molar-refractivity contribution in [2.75, 3.05) is 6.61 Å². The highest BCUT2D eigenvalue weighted by Gasteiger charge is 2.32. The van der Waals surface area contributed by atoms with Crippen LogP contribution in [0.3, 0.4) is 0 Å². The lowest BCUT2D eigenvalue weighted by Gasteiger charge is -2.30. The van der Waals surface area contributed by atoms with Crippen LogP contribution in [-0.4, -0.2) is 64.6 Å². The average Bonchev–Trinajstić information content (AvgIpc) is 3.03. The van der Waals surface area contributed by atoms with Crippen LogP contribution in [0.25, 0.3) is 0 Å². The fraction of sp³-hybridized carbons (Fsp3) is 0.462. The second-order valence-corrected chi connectivity index (χ2v) is 13.9. The van der Waals surface area contributed by atoms with Gasteiger partial charge in [0, 0.05) is 5.92 Å². The summed E-state index contributed by atoms with van der Waals surface area (Å²) in [7, 11) is 0. The van der Waals surface area contributed by atoms with E-state index in [1.807, 2.05) is 105 Å². The Balaban J connectivity index is 1.82. The molecule has 0 spiro atoms. The summed E-state index contributed by atoms with van der Waals surface area (Å²) in [6.07, 6.45) is -0.272. The number of carbonyl (C=O) groups is 3. The highest BCUT2D eigenvalue weighted by molar-refractivity contribution is 5.88. The zero-order valence-electron chi connectivity index (χ0n) is 28.9. The molecule has 1 unspecified atom stereocenters. The molecule has 3 aromatic rings. The Morgan fingerprint density at radius 2 is 1.19 bits per heavy atom. The SMILES string of the molecule is CC(C)C[C@H](NC(=O)[C@@H](Cc1ccccc1)C[C@H](O)[C@H](Cc1ccccc1)NC(=O)OC(C)(C)C)C(=O)NC(CO)Cc1ccccc1. The summed E-state index contributed by atoms with van der Waals surface area (Å²) in [4.78, 5) is 40.5. The maximum absolute atomic E-state index is 14.1. The number of alkyl carbamates (subject to hydrolysis) is 1. The molecule has 0 saturated heterocycles. The zero-order chi connectivity index (χ0) is 35.1. The van der Waals surface area contributed by atoms with Gasteiger partial charge >= 0.3 is 6.09 Å². The molecule has 0 saturated carbocycles. The van der Waals surface area contributed by atoms with Gasteiger partial charge in [0.25, 0.3) is 0 Å². The normalized spacial score (nSPS) is 14.7. The number of benzene rings is 3. The van der Waals surface area contributed by atoms with Gasteiger partial charge in [-0.05, 0) is 75.5 Å². The third-order valence-corrected chi connectivity index (χ3v) is 7.92. The number of aliphatic hydroxyl groups is 2. The van der Waals surface area contributed by atoms with Crippen molar-refractivity contribution in [1.29, 1.82) is 0 Å². The summed E-state index contributed by atoms with van der Waals surface area (Å²) >= 11 is 0. The zero-order valence-corrected chi connectivity index (χ0v) is 28.9. The van der Waals surface area contributed by atoms with Gasteiger partial charge in [-0.15, -0.1) is 0 Å². The van der Waals surface area contributed by atoms with Crippen molar-refractivity contribution in [3.63, 3.8) is 0 Å². The van der Waals surface area contributed by atoms with Crippen molar-refractivity contribution in [2.24, 2.45) is 11.8 Å². The van der Waals surface area contributed by atoms with Gasteiger partial charge < -0.3 is 30.9 Å². The lowest BCUT2D eigenvalue weighted by molar-refractivity contribution is -0.132. The van der Waals surface area contributed by atoms with Gasteiger partial charge in [-0.1, -0.05) is 105 Å². The molecule has 0 heterocycles. The third-order valence-electron chi connectivity index (χ3n) is 7.92. The van der Waals surface area contributed by atoms with Crippen molar-refractivity contribution in [2.45, 2.75) is 96.6 Å². The smallest absolute Gasteiger partial charge is 0.407 e. The Morgan fingerprint density at radius 3 is 1.67 bits per heavy atom. The molecule has 3 amide bonds. The van der Waals surface area contributed by atoms with E-state index in [0.29, 0.717) is 25.7 Å². The van der Waals surface area contributed by atoms with Crippen LogP contribution in [0.1, 0.15) is 64.2 Å². The van der Waals surface area contributed by atoms with Crippen LogP contribution < -0.4 is 16.0 Å². The van der Waals surface area contributed by atoms with Gasteiger partial charge in [0.05, 0.1) is 24.8 Å². The average molecular weight is 660 g/mol. The molecule has 3 rings (SSSR count). The minimum atomic E-state index is -1.11. The topological polar surface area (TPSA) is 137 Å². The molecule has 9 heteroatoms. The minimum absolute atomic E-state index is 0.0251. The largest absolute Gasteiger partial charge is 0.444 e. The van der Waals surface area contributed by atoms with E-state index in [-0.39, 0.29) is 30.8 Å². The van der Waals surface area contributed by atoms with E-state index in [1.54, 1.807) is 20.8 Å². The van der Waals surface area contributed by atoms with Crippen LogP contribution in [0, 0.1) is 11.8 Å². The summed E-state index contributed by atoms with van der Waals surface area (Å²) in [6.45, 7) is 9.00. The number of amides is 3. The lowest BCUT2D eigenvalue weighted by Crippen LogP contribution is -2.53. The van der Waals surface area contributed by atoms with Gasteiger partial charge in [-0.3, -0.25) is 9.59 Å². The third kappa shape index (κ3) is 13.9. The number of hydrogen-bond donors (Lipinski definition) is 5. The molecule has 0 bridgehead atoms. The van der Waals surface area contributed by atoms with E-state index in [4.69, 9.17) is 4.74 Å².